The van der Waals surface area contributed by atoms with Gasteiger partial charge in [-0.1, -0.05) is 20.8 Å². The molecule has 82 valence electrons. The Hall–Kier alpha value is 0.150. The lowest BCUT2D eigenvalue weighted by molar-refractivity contribution is 0.500. The van der Waals surface area contributed by atoms with Crippen molar-refractivity contribution in [3.05, 3.63) is 0 Å². The first-order valence-corrected chi connectivity index (χ1v) is 7.24. The van der Waals surface area contributed by atoms with Crippen molar-refractivity contribution in [2.24, 2.45) is 5.92 Å². The predicted molar refractivity (Wildman–Crippen MR) is 59.6 cm³/mol. The molecule has 0 aromatic carbocycles. The molecule has 0 amide bonds. The highest BCUT2D eigenvalue weighted by molar-refractivity contribution is 7.61. The first-order chi connectivity index (χ1) is 6.41. The molecule has 3 unspecified atom stereocenters. The number of hydrogen-bond donors (Lipinski definition) is 2. The maximum absolute atomic E-state index is 12.6. The second-order valence-electron chi connectivity index (χ2n) is 5.65. The van der Waals surface area contributed by atoms with Gasteiger partial charge in [-0.2, -0.15) is 0 Å². The Balaban J connectivity index is 2.19. The molecule has 0 aromatic rings. The molecule has 2 aliphatic rings. The molecule has 1 heterocycles. The van der Waals surface area contributed by atoms with Gasteiger partial charge in [0.05, 0.1) is 0 Å². The van der Waals surface area contributed by atoms with Crippen LogP contribution >= 0.6 is 7.44 Å². The van der Waals surface area contributed by atoms with E-state index in [-0.39, 0.29) is 5.16 Å². The van der Waals surface area contributed by atoms with Crippen LogP contribution in [0.15, 0.2) is 0 Å². The lowest BCUT2D eigenvalue weighted by atomic mass is 10.1. The molecule has 2 N–H and O–H groups in total. The Morgan fingerprint density at radius 2 is 2.00 bits per heavy atom. The summed E-state index contributed by atoms with van der Waals surface area (Å²) in [5.74, 6) is 0.741. The fourth-order valence-corrected chi connectivity index (χ4v) is 4.59. The van der Waals surface area contributed by atoms with Gasteiger partial charge in [-0.25, -0.2) is 0 Å². The number of rotatable bonds is 0. The summed E-state index contributed by atoms with van der Waals surface area (Å²) in [6.45, 7) is 7.07. The molecular formula is C10H21N2OP. The van der Waals surface area contributed by atoms with Gasteiger partial charge in [0.1, 0.15) is 0 Å². The second-order valence-corrected chi connectivity index (χ2v) is 8.78. The molecule has 2 bridgehead atoms. The average Bonchev–Trinajstić information content (AvgIpc) is 2.37. The van der Waals surface area contributed by atoms with Gasteiger partial charge in [-0.05, 0) is 25.2 Å². The van der Waals surface area contributed by atoms with Gasteiger partial charge in [0.2, 0.25) is 7.44 Å². The summed E-state index contributed by atoms with van der Waals surface area (Å²) < 4.78 is 12.6. The zero-order valence-corrected chi connectivity index (χ0v) is 10.2. The molecular weight excluding hydrogens is 195 g/mol. The minimum absolute atomic E-state index is 0.169. The Labute approximate surface area is 86.5 Å². The lowest BCUT2D eigenvalue weighted by Crippen LogP contribution is -2.37. The average molecular weight is 216 g/mol. The summed E-state index contributed by atoms with van der Waals surface area (Å²) >= 11 is 0. The first kappa shape index (κ1) is 10.7. The van der Waals surface area contributed by atoms with Crippen LogP contribution in [0.1, 0.15) is 40.0 Å². The summed E-state index contributed by atoms with van der Waals surface area (Å²) in [7, 11) is -2.38. The van der Waals surface area contributed by atoms with Gasteiger partial charge in [0.25, 0.3) is 0 Å². The summed E-state index contributed by atoms with van der Waals surface area (Å²) in [6, 6.07) is 0.486. The molecule has 1 saturated carbocycles. The third-order valence-corrected chi connectivity index (χ3v) is 6.70. The molecule has 4 heteroatoms. The molecule has 2 fully saturated rings. The highest BCUT2D eigenvalue weighted by atomic mass is 31.2. The van der Waals surface area contributed by atoms with Gasteiger partial charge >= 0.3 is 0 Å². The molecule has 14 heavy (non-hydrogen) atoms. The van der Waals surface area contributed by atoms with Gasteiger partial charge in [-0.3, -0.25) is 14.7 Å². The molecule has 1 aliphatic carbocycles. The molecule has 1 aliphatic heterocycles. The Kier molecular flexibility index (Phi) is 2.53. The van der Waals surface area contributed by atoms with Crippen molar-refractivity contribution in [3.8, 4) is 0 Å². The van der Waals surface area contributed by atoms with E-state index >= 15 is 0 Å². The van der Waals surface area contributed by atoms with Crippen LogP contribution in [0.3, 0.4) is 0 Å². The van der Waals surface area contributed by atoms with Crippen LogP contribution in [0.4, 0.5) is 0 Å². The topological polar surface area (TPSA) is 41.1 Å². The maximum Gasteiger partial charge on any atom is 0.216 e. The van der Waals surface area contributed by atoms with E-state index in [1.54, 1.807) is 0 Å². The van der Waals surface area contributed by atoms with Gasteiger partial charge in [0, 0.05) is 17.7 Å². The van der Waals surface area contributed by atoms with E-state index in [1.165, 1.54) is 19.3 Å². The van der Waals surface area contributed by atoms with E-state index in [4.69, 9.17) is 0 Å². The van der Waals surface area contributed by atoms with Crippen LogP contribution in [0.25, 0.3) is 0 Å². The first-order valence-electron chi connectivity index (χ1n) is 5.54. The fourth-order valence-electron chi connectivity index (χ4n) is 2.37. The van der Waals surface area contributed by atoms with E-state index < -0.39 is 7.44 Å². The molecule has 0 aromatic heterocycles. The normalized spacial score (nSPS) is 43.6. The summed E-state index contributed by atoms with van der Waals surface area (Å²) in [5, 5.41) is 6.47. The quantitative estimate of drug-likeness (QED) is 0.611. The van der Waals surface area contributed by atoms with E-state index in [0.717, 1.165) is 12.5 Å². The number of fused-ring (bicyclic) bond motifs is 2. The smallest absolute Gasteiger partial charge is 0.216 e. The SMILES string of the molecule is CC(C)(C)P1(=O)NCC2CCC(C2)N1. The van der Waals surface area contributed by atoms with E-state index in [0.29, 0.717) is 6.04 Å². The van der Waals surface area contributed by atoms with Crippen molar-refractivity contribution in [1.29, 1.82) is 0 Å². The van der Waals surface area contributed by atoms with Crippen molar-refractivity contribution in [1.82, 2.24) is 10.2 Å². The van der Waals surface area contributed by atoms with Crippen molar-refractivity contribution in [2.45, 2.75) is 51.2 Å². The minimum Gasteiger partial charge on any atom is -0.289 e. The molecule has 0 spiro atoms. The van der Waals surface area contributed by atoms with Crippen LogP contribution in [-0.4, -0.2) is 17.7 Å². The Morgan fingerprint density at radius 1 is 1.29 bits per heavy atom. The van der Waals surface area contributed by atoms with Crippen LogP contribution in [0.2, 0.25) is 0 Å². The third kappa shape index (κ3) is 1.78. The summed E-state index contributed by atoms with van der Waals surface area (Å²) in [5.41, 5.74) is 0. The zero-order valence-electron chi connectivity index (χ0n) is 9.34. The second kappa shape index (κ2) is 3.33. The number of nitrogens with one attached hydrogen (secondary N) is 2. The van der Waals surface area contributed by atoms with Crippen molar-refractivity contribution in [3.63, 3.8) is 0 Å². The van der Waals surface area contributed by atoms with Crippen LogP contribution in [0.5, 0.6) is 0 Å². The largest absolute Gasteiger partial charge is 0.289 e. The monoisotopic (exact) mass is 216 g/mol. The lowest BCUT2D eigenvalue weighted by Gasteiger charge is -2.34. The Morgan fingerprint density at radius 3 is 2.64 bits per heavy atom. The highest BCUT2D eigenvalue weighted by Crippen LogP contribution is 2.53. The van der Waals surface area contributed by atoms with E-state index in [2.05, 4.69) is 10.2 Å². The van der Waals surface area contributed by atoms with Crippen molar-refractivity contribution in [2.75, 3.05) is 6.54 Å². The van der Waals surface area contributed by atoms with E-state index in [9.17, 15) is 4.57 Å². The molecule has 3 nitrogen and oxygen atoms in total. The standard InChI is InChI=1S/C10H21N2OP/c1-10(2,3)14(13)11-7-8-4-5-9(6-8)12-14/h8-9H,4-7H2,1-3H3,(H2,11,12,13). The van der Waals surface area contributed by atoms with E-state index in [1.807, 2.05) is 20.8 Å². The minimum atomic E-state index is -2.38. The zero-order chi connectivity index (χ0) is 10.4. The third-order valence-electron chi connectivity index (χ3n) is 3.45. The molecule has 1 saturated heterocycles. The maximum atomic E-state index is 12.6. The summed E-state index contributed by atoms with van der Waals surface area (Å²) in [6.07, 6.45) is 3.69. The molecule has 0 radical (unpaired) electrons. The van der Waals surface area contributed by atoms with Gasteiger partial charge in [-0.15, -0.1) is 0 Å². The van der Waals surface area contributed by atoms with Crippen LogP contribution in [-0.2, 0) is 4.57 Å². The highest BCUT2D eigenvalue weighted by Gasteiger charge is 2.42. The van der Waals surface area contributed by atoms with Crippen molar-refractivity contribution >= 4 is 7.44 Å². The van der Waals surface area contributed by atoms with Gasteiger partial charge in [0.15, 0.2) is 0 Å². The predicted octanol–water partition coefficient (Wildman–Crippen LogP) is 2.34. The van der Waals surface area contributed by atoms with Gasteiger partial charge < -0.3 is 0 Å². The number of hydrogen-bond acceptors (Lipinski definition) is 1. The summed E-state index contributed by atoms with van der Waals surface area (Å²) in [4.78, 5) is 0. The molecule has 2 rings (SSSR count). The Bertz CT molecular complexity index is 272. The van der Waals surface area contributed by atoms with Crippen LogP contribution < -0.4 is 10.2 Å². The molecule has 3 atom stereocenters. The van der Waals surface area contributed by atoms with Crippen LogP contribution in [0, 0.1) is 5.92 Å². The van der Waals surface area contributed by atoms with Crippen molar-refractivity contribution < 1.29 is 4.57 Å². The fraction of sp³-hybridized carbons (Fsp3) is 1.00.